The molecule has 0 unspecified atom stereocenters. The van der Waals surface area contributed by atoms with E-state index in [9.17, 15) is 9.59 Å². The van der Waals surface area contributed by atoms with Crippen LogP contribution in [0.1, 0.15) is 29.5 Å². The van der Waals surface area contributed by atoms with Gasteiger partial charge in [0.25, 0.3) is 0 Å². The molecule has 0 bridgehead atoms. The van der Waals surface area contributed by atoms with Crippen LogP contribution in [-0.2, 0) is 22.6 Å². The van der Waals surface area contributed by atoms with Crippen molar-refractivity contribution >= 4 is 17.9 Å². The maximum Gasteiger partial charge on any atom is 0.247 e. The molecular weight excluding hydrogens is 562 g/mol. The van der Waals surface area contributed by atoms with Gasteiger partial charge in [-0.25, -0.2) is 4.98 Å². The summed E-state index contributed by atoms with van der Waals surface area (Å²) in [5.74, 6) is 0.251. The molecule has 1 saturated heterocycles. The second-order valence-corrected chi connectivity index (χ2v) is 11.6. The summed E-state index contributed by atoms with van der Waals surface area (Å²) in [6.07, 6.45) is 10.7. The van der Waals surface area contributed by atoms with Crippen molar-refractivity contribution in [2.75, 3.05) is 34.3 Å². The summed E-state index contributed by atoms with van der Waals surface area (Å²) in [6, 6.07) is 25.4. The van der Waals surface area contributed by atoms with Crippen LogP contribution in [0, 0.1) is 0 Å². The molecule has 5 rings (SSSR count). The third-order valence-electron chi connectivity index (χ3n) is 8.43. The molecule has 1 fully saturated rings. The first-order valence-electron chi connectivity index (χ1n) is 15.4. The lowest BCUT2D eigenvalue weighted by atomic mass is 9.98. The van der Waals surface area contributed by atoms with Crippen LogP contribution in [0.2, 0.25) is 0 Å². The number of rotatable bonds is 11. The van der Waals surface area contributed by atoms with Crippen LogP contribution in [0.3, 0.4) is 0 Å². The maximum atomic E-state index is 14.4. The number of hydrogen-bond donors (Lipinski definition) is 0. The Morgan fingerprint density at radius 1 is 0.911 bits per heavy atom. The van der Waals surface area contributed by atoms with Gasteiger partial charge in [0.2, 0.25) is 17.7 Å². The smallest absolute Gasteiger partial charge is 0.247 e. The number of likely N-dealkylation sites (tertiary alicyclic amines) is 1. The number of hydrogen-bond acceptors (Lipinski definition) is 6. The highest BCUT2D eigenvalue weighted by Crippen LogP contribution is 2.23. The summed E-state index contributed by atoms with van der Waals surface area (Å²) in [4.78, 5) is 42.7. The Balaban J connectivity index is 1.46. The van der Waals surface area contributed by atoms with Gasteiger partial charge in [-0.1, -0.05) is 54.6 Å². The van der Waals surface area contributed by atoms with E-state index in [4.69, 9.17) is 4.74 Å². The van der Waals surface area contributed by atoms with Crippen molar-refractivity contribution in [1.29, 1.82) is 0 Å². The van der Waals surface area contributed by atoms with E-state index in [1.807, 2.05) is 77.7 Å². The monoisotopic (exact) mass is 603 g/mol. The Morgan fingerprint density at radius 2 is 1.60 bits per heavy atom. The Hall–Kier alpha value is -4.82. The molecule has 2 aromatic heterocycles. The van der Waals surface area contributed by atoms with E-state index in [0.717, 1.165) is 40.7 Å². The van der Waals surface area contributed by atoms with Crippen molar-refractivity contribution < 1.29 is 14.3 Å². The van der Waals surface area contributed by atoms with Crippen LogP contribution in [-0.4, -0.2) is 82.9 Å². The van der Waals surface area contributed by atoms with Gasteiger partial charge >= 0.3 is 0 Å². The number of aromatic nitrogens is 2. The molecule has 0 N–H and O–H groups in total. The predicted octanol–water partition coefficient (Wildman–Crippen LogP) is 5.36. The number of carbonyl (C=O) groups is 2. The highest BCUT2D eigenvalue weighted by Gasteiger charge is 2.34. The van der Waals surface area contributed by atoms with Crippen LogP contribution < -0.4 is 4.74 Å². The summed E-state index contributed by atoms with van der Waals surface area (Å²) < 4.78 is 5.17. The van der Waals surface area contributed by atoms with E-state index < -0.39 is 6.04 Å². The van der Waals surface area contributed by atoms with Gasteiger partial charge in [0.1, 0.15) is 6.04 Å². The fourth-order valence-corrected chi connectivity index (χ4v) is 5.74. The second-order valence-electron chi connectivity index (χ2n) is 11.6. The van der Waals surface area contributed by atoms with E-state index in [1.165, 1.54) is 0 Å². The average Bonchev–Trinajstić information content (AvgIpc) is 3.09. The van der Waals surface area contributed by atoms with Gasteiger partial charge in [-0.05, 0) is 79.0 Å². The molecule has 232 valence electrons. The minimum Gasteiger partial charge on any atom is -0.481 e. The minimum absolute atomic E-state index is 0.0164. The van der Waals surface area contributed by atoms with Crippen LogP contribution in [0.15, 0.2) is 104 Å². The summed E-state index contributed by atoms with van der Waals surface area (Å²) in [5.41, 5.74) is 4.85. The Kier molecular flexibility index (Phi) is 10.7. The first-order valence-corrected chi connectivity index (χ1v) is 15.4. The van der Waals surface area contributed by atoms with Crippen molar-refractivity contribution in [2.24, 2.45) is 0 Å². The van der Waals surface area contributed by atoms with Crippen LogP contribution in [0.5, 0.6) is 5.88 Å². The standard InChI is InChI=1S/C37H41N5O3/c1-40(2)33-19-23-41(24-20-33)37(44)34(25-28-7-5-4-6-8-28)42(36(43)16-12-29-11-15-35(45-3)39-26-29)27-30-9-13-31(14-10-30)32-17-21-38-22-18-32/h4-18,21-22,26,33-34H,19-20,23-25,27H2,1-3H3/t34-/m0/s1. The molecule has 45 heavy (non-hydrogen) atoms. The Bertz CT molecular complexity index is 1550. The van der Waals surface area contributed by atoms with Crippen molar-refractivity contribution in [1.82, 2.24) is 24.7 Å². The zero-order valence-electron chi connectivity index (χ0n) is 26.3. The van der Waals surface area contributed by atoms with Gasteiger partial charge < -0.3 is 19.4 Å². The van der Waals surface area contributed by atoms with Gasteiger partial charge in [0.05, 0.1) is 7.11 Å². The number of benzene rings is 2. The average molecular weight is 604 g/mol. The maximum absolute atomic E-state index is 14.4. The fraction of sp³-hybridized carbons (Fsp3) is 0.297. The molecule has 0 radical (unpaired) electrons. The van der Waals surface area contributed by atoms with E-state index in [-0.39, 0.29) is 18.4 Å². The highest BCUT2D eigenvalue weighted by atomic mass is 16.5. The molecule has 0 spiro atoms. The lowest BCUT2D eigenvalue weighted by molar-refractivity contribution is -0.145. The SMILES string of the molecule is COc1ccc(C=CC(=O)N(Cc2ccc(-c3ccncc3)cc2)[C@@H](Cc2ccccc2)C(=O)N2CCC(N(C)C)CC2)cn1. The Morgan fingerprint density at radius 3 is 2.22 bits per heavy atom. The number of amides is 2. The molecule has 1 atom stereocenters. The van der Waals surface area contributed by atoms with Crippen molar-refractivity contribution in [3.8, 4) is 17.0 Å². The zero-order chi connectivity index (χ0) is 31.6. The first kappa shape index (κ1) is 31.6. The zero-order valence-corrected chi connectivity index (χ0v) is 26.3. The van der Waals surface area contributed by atoms with Gasteiger partial charge in [0.15, 0.2) is 0 Å². The van der Waals surface area contributed by atoms with E-state index in [0.29, 0.717) is 31.4 Å². The lowest BCUT2D eigenvalue weighted by Gasteiger charge is -2.39. The predicted molar refractivity (Wildman–Crippen MR) is 177 cm³/mol. The van der Waals surface area contributed by atoms with Crippen LogP contribution in [0.4, 0.5) is 0 Å². The van der Waals surface area contributed by atoms with Crippen molar-refractivity contribution in [3.05, 3.63) is 120 Å². The quantitative estimate of drug-likeness (QED) is 0.215. The second kappa shape index (κ2) is 15.3. The van der Waals surface area contributed by atoms with Gasteiger partial charge in [-0.3, -0.25) is 14.6 Å². The molecule has 1 aliphatic heterocycles. The van der Waals surface area contributed by atoms with E-state index in [2.05, 4.69) is 29.0 Å². The summed E-state index contributed by atoms with van der Waals surface area (Å²) >= 11 is 0. The summed E-state index contributed by atoms with van der Waals surface area (Å²) in [6.45, 7) is 1.63. The topological polar surface area (TPSA) is 78.9 Å². The van der Waals surface area contributed by atoms with Crippen molar-refractivity contribution in [2.45, 2.75) is 37.9 Å². The lowest BCUT2D eigenvalue weighted by Crippen LogP contribution is -2.54. The minimum atomic E-state index is -0.672. The number of carbonyl (C=O) groups excluding carboxylic acids is 2. The number of pyridine rings is 2. The number of methoxy groups -OCH3 is 1. The molecule has 4 aromatic rings. The van der Waals surface area contributed by atoms with Gasteiger partial charge in [0, 0.05) is 62.8 Å². The third kappa shape index (κ3) is 8.42. The Labute approximate surface area is 266 Å². The number of piperidine rings is 1. The van der Waals surface area contributed by atoms with Crippen molar-refractivity contribution in [3.63, 3.8) is 0 Å². The van der Waals surface area contributed by atoms with E-state index in [1.54, 1.807) is 48.8 Å². The van der Waals surface area contributed by atoms with Crippen LogP contribution in [0.25, 0.3) is 17.2 Å². The summed E-state index contributed by atoms with van der Waals surface area (Å²) in [5, 5.41) is 0. The van der Waals surface area contributed by atoms with Gasteiger partial charge in [-0.2, -0.15) is 0 Å². The number of ether oxygens (including phenoxy) is 1. The number of nitrogens with zero attached hydrogens (tertiary/aromatic N) is 5. The fourth-order valence-electron chi connectivity index (χ4n) is 5.74. The molecule has 1 aliphatic rings. The normalized spacial score (nSPS) is 14.4. The molecule has 0 aliphatic carbocycles. The van der Waals surface area contributed by atoms with Gasteiger partial charge in [-0.15, -0.1) is 0 Å². The highest BCUT2D eigenvalue weighted by molar-refractivity contribution is 5.95. The molecule has 2 amide bonds. The first-order chi connectivity index (χ1) is 21.9. The molecule has 8 nitrogen and oxygen atoms in total. The third-order valence-corrected chi connectivity index (χ3v) is 8.43. The molecule has 2 aromatic carbocycles. The summed E-state index contributed by atoms with van der Waals surface area (Å²) in [7, 11) is 5.74. The van der Waals surface area contributed by atoms with E-state index >= 15 is 0 Å². The molecule has 3 heterocycles. The molecular formula is C37H41N5O3. The van der Waals surface area contributed by atoms with Crippen LogP contribution >= 0.6 is 0 Å². The molecule has 8 heteroatoms. The molecule has 0 saturated carbocycles. The largest absolute Gasteiger partial charge is 0.481 e.